The Kier molecular flexibility index (Phi) is 3.10. The van der Waals surface area contributed by atoms with Crippen LogP contribution in [0.5, 0.6) is 0 Å². The van der Waals surface area contributed by atoms with E-state index in [0.29, 0.717) is 0 Å². The number of nitrogens with zero attached hydrogens (tertiary/aromatic N) is 1. The second-order valence-electron chi connectivity index (χ2n) is 4.82. The lowest BCUT2D eigenvalue weighted by molar-refractivity contribution is 0.137. The van der Waals surface area contributed by atoms with Crippen molar-refractivity contribution in [3.63, 3.8) is 0 Å². The first-order chi connectivity index (χ1) is 6.80. The van der Waals surface area contributed by atoms with Gasteiger partial charge in [-0.15, -0.1) is 0 Å². The molecule has 3 nitrogen and oxygen atoms in total. The molecule has 2 heterocycles. The van der Waals surface area contributed by atoms with E-state index in [9.17, 15) is 0 Å². The monoisotopic (exact) mass is 197 g/mol. The molecule has 3 atom stereocenters. The van der Waals surface area contributed by atoms with Crippen LogP contribution in [0.25, 0.3) is 0 Å². The molecule has 2 saturated heterocycles. The zero-order valence-electron chi connectivity index (χ0n) is 9.26. The van der Waals surface area contributed by atoms with Gasteiger partial charge in [0.15, 0.2) is 0 Å². The Hall–Kier alpha value is -0.120. The fraction of sp³-hybridized carbons (Fsp3) is 1.00. The van der Waals surface area contributed by atoms with Gasteiger partial charge in [-0.2, -0.15) is 0 Å². The van der Waals surface area contributed by atoms with Gasteiger partial charge in [-0.3, -0.25) is 0 Å². The summed E-state index contributed by atoms with van der Waals surface area (Å²) < 4.78 is 0. The van der Waals surface area contributed by atoms with Gasteiger partial charge in [0.25, 0.3) is 0 Å². The van der Waals surface area contributed by atoms with Gasteiger partial charge in [0.05, 0.1) is 0 Å². The molecule has 82 valence electrons. The first kappa shape index (κ1) is 10.4. The van der Waals surface area contributed by atoms with E-state index in [1.807, 2.05) is 0 Å². The van der Waals surface area contributed by atoms with Crippen LogP contribution in [0.1, 0.15) is 26.2 Å². The molecule has 0 aromatic carbocycles. The molecule has 3 N–H and O–H groups in total. The predicted octanol–water partition coefficient (Wildman–Crippen LogP) is 0.409. The van der Waals surface area contributed by atoms with Crippen LogP contribution in [-0.4, -0.2) is 43.2 Å². The van der Waals surface area contributed by atoms with E-state index >= 15 is 0 Å². The molecule has 3 unspecified atom stereocenters. The number of rotatable bonds is 4. The van der Waals surface area contributed by atoms with Crippen LogP contribution in [-0.2, 0) is 0 Å². The minimum Gasteiger partial charge on any atom is -0.329 e. The van der Waals surface area contributed by atoms with Gasteiger partial charge in [-0.25, -0.2) is 0 Å². The van der Waals surface area contributed by atoms with Gasteiger partial charge < -0.3 is 16.0 Å². The Bertz CT molecular complexity index is 195. The van der Waals surface area contributed by atoms with Crippen molar-refractivity contribution in [1.29, 1.82) is 0 Å². The highest BCUT2D eigenvalue weighted by molar-refractivity contribution is 5.03. The van der Waals surface area contributed by atoms with Gasteiger partial charge in [0.2, 0.25) is 0 Å². The van der Waals surface area contributed by atoms with Crippen LogP contribution in [0.15, 0.2) is 0 Å². The summed E-state index contributed by atoms with van der Waals surface area (Å²) in [7, 11) is 0. The van der Waals surface area contributed by atoms with Gasteiger partial charge in [0, 0.05) is 18.6 Å². The van der Waals surface area contributed by atoms with Crippen molar-refractivity contribution in [2.24, 2.45) is 11.7 Å². The molecule has 0 aromatic heterocycles. The maximum absolute atomic E-state index is 5.98. The van der Waals surface area contributed by atoms with E-state index in [1.54, 1.807) is 0 Å². The largest absolute Gasteiger partial charge is 0.329 e. The Labute approximate surface area is 87.0 Å². The summed E-state index contributed by atoms with van der Waals surface area (Å²) in [5.74, 6) is 0.799. The van der Waals surface area contributed by atoms with E-state index in [4.69, 9.17) is 5.73 Å². The molecule has 2 fully saturated rings. The highest BCUT2D eigenvalue weighted by atomic mass is 15.2. The standard InChI is InChI=1S/C11H23N3/c1-2-5-13-11(9-12)4-7-14-6-3-10(11)8-14/h10,13H,2-9,12H2,1H3. The number of nitrogens with one attached hydrogen (secondary N) is 1. The summed E-state index contributed by atoms with van der Waals surface area (Å²) in [6, 6.07) is 0. The highest BCUT2D eigenvalue weighted by Crippen LogP contribution is 2.34. The van der Waals surface area contributed by atoms with Gasteiger partial charge in [-0.05, 0) is 44.8 Å². The van der Waals surface area contributed by atoms with Crippen molar-refractivity contribution in [3.05, 3.63) is 0 Å². The topological polar surface area (TPSA) is 41.3 Å². The van der Waals surface area contributed by atoms with E-state index < -0.39 is 0 Å². The van der Waals surface area contributed by atoms with Crippen molar-refractivity contribution in [2.45, 2.75) is 31.7 Å². The Balaban J connectivity index is 2.02. The third kappa shape index (κ3) is 1.69. The van der Waals surface area contributed by atoms with Crippen LogP contribution >= 0.6 is 0 Å². The van der Waals surface area contributed by atoms with Crippen LogP contribution in [0.2, 0.25) is 0 Å². The van der Waals surface area contributed by atoms with Crippen molar-refractivity contribution in [3.8, 4) is 0 Å². The molecule has 2 aliphatic rings. The highest BCUT2D eigenvalue weighted by Gasteiger charge is 2.44. The lowest BCUT2D eigenvalue weighted by Gasteiger charge is -2.43. The van der Waals surface area contributed by atoms with Crippen molar-refractivity contribution in [1.82, 2.24) is 10.2 Å². The molecule has 0 amide bonds. The number of fused-ring (bicyclic) bond motifs is 2. The summed E-state index contributed by atoms with van der Waals surface area (Å²) in [5.41, 5.74) is 6.25. The number of hydrogen-bond acceptors (Lipinski definition) is 3. The molecule has 2 aliphatic heterocycles. The van der Waals surface area contributed by atoms with Crippen LogP contribution < -0.4 is 11.1 Å². The fourth-order valence-corrected chi connectivity index (χ4v) is 3.00. The molecule has 0 radical (unpaired) electrons. The number of hydrogen-bond donors (Lipinski definition) is 2. The van der Waals surface area contributed by atoms with Crippen LogP contribution in [0, 0.1) is 5.92 Å². The number of nitrogens with two attached hydrogens (primary N) is 1. The molecule has 2 bridgehead atoms. The zero-order chi connectivity index (χ0) is 10.0. The van der Waals surface area contributed by atoms with Crippen molar-refractivity contribution < 1.29 is 0 Å². The van der Waals surface area contributed by atoms with E-state index in [0.717, 1.165) is 19.0 Å². The number of piperidine rings is 1. The minimum atomic E-state index is 0.267. The molecule has 2 rings (SSSR count). The summed E-state index contributed by atoms with van der Waals surface area (Å²) in [6.45, 7) is 7.96. The summed E-state index contributed by atoms with van der Waals surface area (Å²) >= 11 is 0. The molecular weight excluding hydrogens is 174 g/mol. The molecular formula is C11H23N3. The molecule has 0 spiro atoms. The Morgan fingerprint density at radius 3 is 3.07 bits per heavy atom. The third-order valence-electron chi connectivity index (χ3n) is 4.02. The molecule has 0 aromatic rings. The van der Waals surface area contributed by atoms with Gasteiger partial charge in [0.1, 0.15) is 0 Å². The Morgan fingerprint density at radius 1 is 1.50 bits per heavy atom. The molecule has 0 saturated carbocycles. The quantitative estimate of drug-likeness (QED) is 0.686. The maximum atomic E-state index is 5.98. The maximum Gasteiger partial charge on any atom is 0.0357 e. The third-order valence-corrected chi connectivity index (χ3v) is 4.02. The first-order valence-electron chi connectivity index (χ1n) is 5.98. The second kappa shape index (κ2) is 4.17. The van der Waals surface area contributed by atoms with Crippen LogP contribution in [0.3, 0.4) is 0 Å². The first-order valence-corrected chi connectivity index (χ1v) is 5.98. The van der Waals surface area contributed by atoms with Gasteiger partial charge >= 0.3 is 0 Å². The smallest absolute Gasteiger partial charge is 0.0357 e. The SMILES string of the molecule is CCCNC1(CN)CCN2CCC1C2. The normalized spacial score (nSPS) is 41.6. The summed E-state index contributed by atoms with van der Waals surface area (Å²) in [5, 5.41) is 3.71. The second-order valence-corrected chi connectivity index (χ2v) is 4.82. The fourth-order valence-electron chi connectivity index (χ4n) is 3.00. The Morgan fingerprint density at radius 2 is 2.36 bits per heavy atom. The predicted molar refractivity (Wildman–Crippen MR) is 59.2 cm³/mol. The molecule has 3 heteroatoms. The van der Waals surface area contributed by atoms with E-state index in [-0.39, 0.29) is 5.54 Å². The average molecular weight is 197 g/mol. The van der Waals surface area contributed by atoms with Crippen molar-refractivity contribution in [2.75, 3.05) is 32.7 Å². The minimum absolute atomic E-state index is 0.267. The molecule has 14 heavy (non-hydrogen) atoms. The van der Waals surface area contributed by atoms with E-state index in [1.165, 1.54) is 38.9 Å². The van der Waals surface area contributed by atoms with E-state index in [2.05, 4.69) is 17.1 Å². The average Bonchev–Trinajstić information content (AvgIpc) is 2.63. The van der Waals surface area contributed by atoms with Gasteiger partial charge in [-0.1, -0.05) is 6.92 Å². The van der Waals surface area contributed by atoms with Crippen molar-refractivity contribution >= 4 is 0 Å². The molecule has 0 aliphatic carbocycles. The lowest BCUT2D eigenvalue weighted by atomic mass is 9.78. The summed E-state index contributed by atoms with van der Waals surface area (Å²) in [4.78, 5) is 2.58. The van der Waals surface area contributed by atoms with Crippen LogP contribution in [0.4, 0.5) is 0 Å². The lowest BCUT2D eigenvalue weighted by Crippen LogP contribution is -2.60. The zero-order valence-corrected chi connectivity index (χ0v) is 9.26. The summed E-state index contributed by atoms with van der Waals surface area (Å²) in [6.07, 6.45) is 3.79.